The molecule has 1 saturated heterocycles. The number of pyridine rings is 1. The number of carbonyl (C=O) groups is 4. The average molecular weight is 728 g/mol. The fourth-order valence-corrected chi connectivity index (χ4v) is 6.59. The Hall–Kier alpha value is -5.73. The van der Waals surface area contributed by atoms with Gasteiger partial charge >= 0.3 is 18.1 Å². The van der Waals surface area contributed by atoms with Crippen LogP contribution in [0.5, 0.6) is 11.5 Å². The van der Waals surface area contributed by atoms with Crippen molar-refractivity contribution in [2.24, 2.45) is 5.92 Å². The van der Waals surface area contributed by atoms with E-state index in [4.69, 9.17) is 14.2 Å². The Morgan fingerprint density at radius 1 is 1.09 bits per heavy atom. The summed E-state index contributed by atoms with van der Waals surface area (Å²) in [5.41, 5.74) is 1.85. The number of hydrazine groups is 1. The molecule has 4 atom stereocenters. The van der Waals surface area contributed by atoms with E-state index in [-0.39, 0.29) is 31.8 Å². The number of carboxylic acids is 1. The molecule has 0 bridgehead atoms. The molecule has 280 valence electrons. The van der Waals surface area contributed by atoms with E-state index in [1.54, 1.807) is 64.4 Å². The third-order valence-corrected chi connectivity index (χ3v) is 9.36. The van der Waals surface area contributed by atoms with Crippen molar-refractivity contribution in [3.8, 4) is 11.5 Å². The van der Waals surface area contributed by atoms with Gasteiger partial charge in [0.05, 0.1) is 19.3 Å². The van der Waals surface area contributed by atoms with E-state index in [0.717, 1.165) is 17.9 Å². The molecule has 3 N–H and O–H groups in total. The number of hydrogen-bond donors (Lipinski definition) is 3. The zero-order valence-electron chi connectivity index (χ0n) is 30.3. The molecule has 3 aromatic rings. The number of carboxylic acid groups (broad SMARTS) is 1. The van der Waals surface area contributed by atoms with Crippen LogP contribution in [0.25, 0.3) is 23.1 Å². The highest BCUT2D eigenvalue weighted by Gasteiger charge is 2.61. The third-order valence-electron chi connectivity index (χ3n) is 9.36. The first-order valence-electron chi connectivity index (χ1n) is 17.8. The van der Waals surface area contributed by atoms with E-state index in [1.807, 2.05) is 30.4 Å². The van der Waals surface area contributed by atoms with Gasteiger partial charge in [0.1, 0.15) is 40.2 Å². The Labute approximate surface area is 307 Å². The number of carbonyl (C=O) groups excluding carboxylic acids is 3. The zero-order valence-corrected chi connectivity index (χ0v) is 30.3. The highest BCUT2D eigenvalue weighted by Crippen LogP contribution is 2.45. The Bertz CT molecular complexity index is 1910. The molecular formula is C38H45N7O8. The van der Waals surface area contributed by atoms with Crippen molar-refractivity contribution >= 4 is 47.1 Å². The predicted molar refractivity (Wildman–Crippen MR) is 194 cm³/mol. The normalized spacial score (nSPS) is 24.3. The number of aliphatic carboxylic acids is 1. The first-order chi connectivity index (χ1) is 25.4. The third kappa shape index (κ3) is 8.67. The lowest BCUT2D eigenvalue weighted by molar-refractivity contribution is -0.144. The SMILES string of the molecule is COc1ccc2c(OC3CC4C(=O)NC5(C(=O)O)CC5/C=C\CCCCCN(NC(=O)OC(C)(C)C)C(=O)N4C3)c(/C=C/c3ccccn3)nnc2c1. The van der Waals surface area contributed by atoms with Gasteiger partial charge in [-0.3, -0.25) is 9.78 Å². The molecule has 4 heterocycles. The minimum Gasteiger partial charge on any atom is -0.497 e. The molecule has 2 aromatic heterocycles. The van der Waals surface area contributed by atoms with E-state index < -0.39 is 47.3 Å². The van der Waals surface area contributed by atoms with Gasteiger partial charge in [-0.15, -0.1) is 10.2 Å². The lowest BCUT2D eigenvalue weighted by atomic mass is 10.1. The summed E-state index contributed by atoms with van der Waals surface area (Å²) in [7, 11) is 1.55. The first-order valence-corrected chi connectivity index (χ1v) is 17.8. The number of methoxy groups -OCH3 is 1. The lowest BCUT2D eigenvalue weighted by Gasteiger charge is -2.32. The van der Waals surface area contributed by atoms with Gasteiger partial charge in [-0.1, -0.05) is 24.6 Å². The number of urea groups is 1. The van der Waals surface area contributed by atoms with Crippen molar-refractivity contribution in [1.82, 2.24) is 35.8 Å². The summed E-state index contributed by atoms with van der Waals surface area (Å²) < 4.78 is 17.5. The number of hydrogen-bond acceptors (Lipinski definition) is 10. The van der Waals surface area contributed by atoms with E-state index in [0.29, 0.717) is 46.6 Å². The van der Waals surface area contributed by atoms with E-state index in [1.165, 1.54) is 4.90 Å². The van der Waals surface area contributed by atoms with Gasteiger partial charge in [0.25, 0.3) is 0 Å². The van der Waals surface area contributed by atoms with Crippen LogP contribution in [0.15, 0.2) is 54.7 Å². The standard InChI is InChI=1S/C38H45N7O8/c1-37(2,3)53-35(49)43-45-19-11-7-5-6-8-12-24-22-38(24,34(47)48)40-33(46)31-21-27(23-44(31)36(45)50)52-32-28-16-15-26(51-4)20-30(28)42-41-29(32)17-14-25-13-9-10-18-39-25/h8-10,12-18,20,24,27,31H,5-7,11,19,21-23H2,1-4H3,(H,40,46)(H,43,49)(H,47,48)/b12-8-,17-14+. The summed E-state index contributed by atoms with van der Waals surface area (Å²) in [5.74, 6) is -1.22. The second-order valence-electron chi connectivity index (χ2n) is 14.4. The lowest BCUT2D eigenvalue weighted by Crippen LogP contribution is -2.58. The molecule has 1 aliphatic carbocycles. The van der Waals surface area contributed by atoms with Crippen LogP contribution < -0.4 is 20.2 Å². The zero-order chi connectivity index (χ0) is 37.8. The van der Waals surface area contributed by atoms with Crippen molar-refractivity contribution in [2.45, 2.75) is 82.6 Å². The molecule has 1 saturated carbocycles. The summed E-state index contributed by atoms with van der Waals surface area (Å²) in [6, 6.07) is 9.02. The predicted octanol–water partition coefficient (Wildman–Crippen LogP) is 4.98. The molecule has 6 rings (SSSR count). The topological polar surface area (TPSA) is 185 Å². The molecule has 15 heteroatoms. The number of nitrogens with one attached hydrogen (secondary N) is 2. The van der Waals surface area contributed by atoms with Gasteiger partial charge < -0.3 is 29.5 Å². The first kappa shape index (κ1) is 37.0. The largest absolute Gasteiger partial charge is 0.497 e. The molecule has 4 unspecified atom stereocenters. The smallest absolute Gasteiger partial charge is 0.426 e. The fourth-order valence-electron chi connectivity index (χ4n) is 6.59. The number of amides is 4. The molecule has 2 fully saturated rings. The second kappa shape index (κ2) is 15.5. The molecule has 15 nitrogen and oxygen atoms in total. The van der Waals surface area contributed by atoms with Crippen LogP contribution in [0, 0.1) is 5.92 Å². The van der Waals surface area contributed by atoms with Crippen molar-refractivity contribution < 1.29 is 38.5 Å². The highest BCUT2D eigenvalue weighted by molar-refractivity contribution is 5.95. The number of aromatic nitrogens is 3. The maximum atomic E-state index is 14.4. The average Bonchev–Trinajstić information content (AvgIpc) is 3.66. The number of allylic oxidation sites excluding steroid dienone is 1. The van der Waals surface area contributed by atoms with Crippen LogP contribution in [0.4, 0.5) is 9.59 Å². The molecular weight excluding hydrogens is 682 g/mol. The van der Waals surface area contributed by atoms with Crippen molar-refractivity contribution in [3.05, 3.63) is 66.1 Å². The maximum Gasteiger partial charge on any atom is 0.426 e. The molecule has 4 amide bonds. The number of fused-ring (bicyclic) bond motifs is 3. The van der Waals surface area contributed by atoms with E-state index >= 15 is 0 Å². The van der Waals surface area contributed by atoms with Gasteiger partial charge in [0.15, 0.2) is 5.75 Å². The summed E-state index contributed by atoms with van der Waals surface area (Å²) in [6.45, 7) is 5.24. The minimum atomic E-state index is -1.48. The van der Waals surface area contributed by atoms with Gasteiger partial charge in [0.2, 0.25) is 5.91 Å². The molecule has 0 radical (unpaired) electrons. The van der Waals surface area contributed by atoms with Crippen LogP contribution in [0.2, 0.25) is 0 Å². The quantitative estimate of drug-likeness (QED) is 0.279. The summed E-state index contributed by atoms with van der Waals surface area (Å²) in [4.78, 5) is 59.6. The number of nitrogens with zero attached hydrogens (tertiary/aromatic N) is 5. The molecule has 3 aliphatic rings. The minimum absolute atomic E-state index is 0.0252. The second-order valence-corrected chi connectivity index (χ2v) is 14.4. The molecule has 1 aromatic carbocycles. The molecule has 2 aliphatic heterocycles. The Morgan fingerprint density at radius 2 is 1.92 bits per heavy atom. The Morgan fingerprint density at radius 3 is 2.66 bits per heavy atom. The number of ether oxygens (including phenoxy) is 3. The number of benzene rings is 1. The molecule has 53 heavy (non-hydrogen) atoms. The van der Waals surface area contributed by atoms with Crippen LogP contribution >= 0.6 is 0 Å². The number of rotatable bonds is 7. The molecule has 0 spiro atoms. The van der Waals surface area contributed by atoms with Gasteiger partial charge in [-0.05, 0) is 82.9 Å². The van der Waals surface area contributed by atoms with Gasteiger partial charge in [-0.2, -0.15) is 0 Å². The van der Waals surface area contributed by atoms with Crippen molar-refractivity contribution in [2.75, 3.05) is 20.2 Å². The summed E-state index contributed by atoms with van der Waals surface area (Å²) in [6.07, 6.45) is 10.5. The van der Waals surface area contributed by atoms with Gasteiger partial charge in [0, 0.05) is 36.5 Å². The van der Waals surface area contributed by atoms with E-state index in [9.17, 15) is 24.3 Å². The van der Waals surface area contributed by atoms with Crippen LogP contribution in [0.1, 0.15) is 70.7 Å². The van der Waals surface area contributed by atoms with E-state index in [2.05, 4.69) is 25.9 Å². The highest BCUT2D eigenvalue weighted by atomic mass is 16.6. The summed E-state index contributed by atoms with van der Waals surface area (Å²) >= 11 is 0. The Balaban J connectivity index is 1.35. The van der Waals surface area contributed by atoms with Crippen molar-refractivity contribution in [3.63, 3.8) is 0 Å². The van der Waals surface area contributed by atoms with Crippen LogP contribution in [0.3, 0.4) is 0 Å². The monoisotopic (exact) mass is 727 g/mol. The summed E-state index contributed by atoms with van der Waals surface area (Å²) in [5, 5.41) is 23.6. The Kier molecular flexibility index (Phi) is 10.8. The van der Waals surface area contributed by atoms with Crippen LogP contribution in [-0.2, 0) is 14.3 Å². The van der Waals surface area contributed by atoms with Crippen LogP contribution in [-0.4, -0.2) is 97.7 Å². The van der Waals surface area contributed by atoms with Gasteiger partial charge in [-0.25, -0.2) is 24.8 Å². The maximum absolute atomic E-state index is 14.4. The fraction of sp³-hybridized carbons (Fsp3) is 0.447. The van der Waals surface area contributed by atoms with Crippen molar-refractivity contribution in [1.29, 1.82) is 0 Å².